The number of para-hydroxylation sites is 1. The van der Waals surface area contributed by atoms with Crippen LogP contribution < -0.4 is 15.4 Å². The summed E-state index contributed by atoms with van der Waals surface area (Å²) in [4.78, 5) is 9.33. The van der Waals surface area contributed by atoms with Crippen LogP contribution in [0, 0.1) is 6.92 Å². The zero-order chi connectivity index (χ0) is 18.9. The molecule has 0 saturated carbocycles. The lowest BCUT2D eigenvalue weighted by atomic mass is 10.3. The number of guanidine groups is 1. The Kier molecular flexibility index (Phi) is 9.06. The van der Waals surface area contributed by atoms with Crippen LogP contribution in [0.25, 0.3) is 5.65 Å². The van der Waals surface area contributed by atoms with Crippen LogP contribution >= 0.6 is 24.0 Å². The van der Waals surface area contributed by atoms with E-state index in [9.17, 15) is 0 Å². The van der Waals surface area contributed by atoms with Gasteiger partial charge in [0.25, 0.3) is 0 Å². The van der Waals surface area contributed by atoms with Crippen molar-refractivity contribution in [2.75, 3.05) is 26.2 Å². The number of pyridine rings is 1. The number of benzene rings is 1. The Morgan fingerprint density at radius 2 is 1.96 bits per heavy atom. The van der Waals surface area contributed by atoms with Crippen LogP contribution in [0.1, 0.15) is 18.2 Å². The monoisotopic (exact) mass is 493 g/mol. The second-order valence-electron chi connectivity index (χ2n) is 6.25. The number of fused-ring (bicyclic) bond motifs is 1. The lowest BCUT2D eigenvalue weighted by molar-refractivity contribution is 0.322. The lowest BCUT2D eigenvalue weighted by Crippen LogP contribution is -2.39. The van der Waals surface area contributed by atoms with E-state index in [-0.39, 0.29) is 24.0 Å². The van der Waals surface area contributed by atoms with Gasteiger partial charge in [0.2, 0.25) is 0 Å². The predicted octanol–water partition coefficient (Wildman–Crippen LogP) is 3.44. The molecule has 7 heteroatoms. The first kappa shape index (κ1) is 22.0. The largest absolute Gasteiger partial charge is 0.492 e. The number of nitrogens with one attached hydrogen (secondary N) is 2. The maximum Gasteiger partial charge on any atom is 0.191 e. The summed E-state index contributed by atoms with van der Waals surface area (Å²) in [5.74, 6) is 1.68. The van der Waals surface area contributed by atoms with Gasteiger partial charge in [-0.25, -0.2) is 4.98 Å². The summed E-state index contributed by atoms with van der Waals surface area (Å²) in [5, 5.41) is 6.56. The second-order valence-corrected chi connectivity index (χ2v) is 6.25. The highest BCUT2D eigenvalue weighted by Crippen LogP contribution is 2.10. The number of halogens is 1. The van der Waals surface area contributed by atoms with Crippen molar-refractivity contribution in [1.82, 2.24) is 20.0 Å². The molecular formula is C21H28IN5O. The molecule has 0 radical (unpaired) electrons. The van der Waals surface area contributed by atoms with Gasteiger partial charge >= 0.3 is 0 Å². The van der Waals surface area contributed by atoms with Crippen LogP contribution in [0.5, 0.6) is 5.75 Å². The number of ether oxygens (including phenoxy) is 1. The number of hydrogen-bond acceptors (Lipinski definition) is 3. The summed E-state index contributed by atoms with van der Waals surface area (Å²) in [5.41, 5.74) is 3.25. The smallest absolute Gasteiger partial charge is 0.191 e. The van der Waals surface area contributed by atoms with E-state index < -0.39 is 0 Å². The van der Waals surface area contributed by atoms with Crippen LogP contribution in [0.3, 0.4) is 0 Å². The molecule has 0 atom stereocenters. The molecule has 1 aromatic carbocycles. The Labute approximate surface area is 183 Å². The number of aliphatic imine (C=N–C) groups is 1. The van der Waals surface area contributed by atoms with Crippen molar-refractivity contribution in [2.45, 2.75) is 20.3 Å². The average molecular weight is 493 g/mol. The third-order valence-corrected chi connectivity index (χ3v) is 4.12. The fourth-order valence-electron chi connectivity index (χ4n) is 2.80. The Balaban J connectivity index is 0.00000280. The summed E-state index contributed by atoms with van der Waals surface area (Å²) in [7, 11) is 0. The Morgan fingerprint density at radius 1 is 1.14 bits per heavy atom. The minimum Gasteiger partial charge on any atom is -0.492 e. The number of aromatic nitrogens is 2. The molecular weight excluding hydrogens is 465 g/mol. The van der Waals surface area contributed by atoms with Gasteiger partial charge in [-0.15, -0.1) is 24.0 Å². The van der Waals surface area contributed by atoms with E-state index in [2.05, 4.69) is 46.1 Å². The molecule has 6 nitrogen and oxygen atoms in total. The Hall–Kier alpha value is -2.29. The summed E-state index contributed by atoms with van der Waals surface area (Å²) in [6.07, 6.45) is 4.91. The quantitative estimate of drug-likeness (QED) is 0.219. The molecule has 2 aromatic heterocycles. The third kappa shape index (κ3) is 6.40. The van der Waals surface area contributed by atoms with E-state index in [4.69, 9.17) is 9.72 Å². The zero-order valence-electron chi connectivity index (χ0n) is 16.4. The highest BCUT2D eigenvalue weighted by Gasteiger charge is 2.04. The molecule has 3 aromatic rings. The minimum absolute atomic E-state index is 0. The molecule has 0 aliphatic carbocycles. The van der Waals surface area contributed by atoms with E-state index in [0.29, 0.717) is 19.7 Å². The summed E-state index contributed by atoms with van der Waals surface area (Å²) < 4.78 is 7.76. The van der Waals surface area contributed by atoms with E-state index >= 15 is 0 Å². The maximum absolute atomic E-state index is 5.70. The Morgan fingerprint density at radius 3 is 2.71 bits per heavy atom. The molecule has 0 spiro atoms. The van der Waals surface area contributed by atoms with Gasteiger partial charge < -0.3 is 19.8 Å². The summed E-state index contributed by atoms with van der Waals surface area (Å²) >= 11 is 0. The molecule has 2 N–H and O–H groups in total. The van der Waals surface area contributed by atoms with Gasteiger partial charge in [0.1, 0.15) is 18.0 Å². The lowest BCUT2D eigenvalue weighted by Gasteiger charge is -2.12. The second kappa shape index (κ2) is 11.5. The van der Waals surface area contributed by atoms with Crippen LogP contribution in [0.4, 0.5) is 0 Å². The standard InChI is InChI=1S/C21H27N5O.HI/c1-3-22-21(24-13-15-27-19-9-5-4-6-10-19)23-12-11-18-16-26-14-7-8-17(2)20(26)25-18;/h4-10,14,16H,3,11-13,15H2,1-2H3,(H2,22,23,24);1H. The van der Waals surface area contributed by atoms with Crippen molar-refractivity contribution in [3.8, 4) is 5.75 Å². The molecule has 0 aliphatic heterocycles. The van der Waals surface area contributed by atoms with E-state index in [1.54, 1.807) is 0 Å². The molecule has 2 heterocycles. The Bertz CT molecular complexity index is 879. The number of imidazole rings is 1. The van der Waals surface area contributed by atoms with Crippen molar-refractivity contribution < 1.29 is 4.74 Å². The predicted molar refractivity (Wildman–Crippen MR) is 125 cm³/mol. The van der Waals surface area contributed by atoms with Crippen molar-refractivity contribution in [3.63, 3.8) is 0 Å². The average Bonchev–Trinajstić information content (AvgIpc) is 3.10. The van der Waals surface area contributed by atoms with Crippen molar-refractivity contribution in [1.29, 1.82) is 0 Å². The molecule has 0 amide bonds. The summed E-state index contributed by atoms with van der Waals surface area (Å²) in [6.45, 7) is 6.91. The van der Waals surface area contributed by atoms with E-state index in [1.165, 1.54) is 5.56 Å². The van der Waals surface area contributed by atoms with Crippen LogP contribution in [0.15, 0.2) is 59.9 Å². The number of hydrogen-bond donors (Lipinski definition) is 2. The molecule has 3 rings (SSSR count). The number of nitrogens with zero attached hydrogens (tertiary/aromatic N) is 3. The number of rotatable bonds is 8. The van der Waals surface area contributed by atoms with Gasteiger partial charge in [0.15, 0.2) is 5.96 Å². The minimum atomic E-state index is 0. The van der Waals surface area contributed by atoms with Gasteiger partial charge in [-0.1, -0.05) is 24.3 Å². The van der Waals surface area contributed by atoms with Gasteiger partial charge in [-0.05, 0) is 37.6 Å². The van der Waals surface area contributed by atoms with Crippen molar-refractivity contribution in [2.24, 2.45) is 4.99 Å². The SMILES string of the molecule is CCNC(=NCCc1cn2cccc(C)c2n1)NCCOc1ccccc1.I. The molecule has 150 valence electrons. The molecule has 28 heavy (non-hydrogen) atoms. The first-order valence-corrected chi connectivity index (χ1v) is 9.39. The molecule has 0 aliphatic rings. The van der Waals surface area contributed by atoms with E-state index in [1.807, 2.05) is 42.6 Å². The summed E-state index contributed by atoms with van der Waals surface area (Å²) in [6, 6.07) is 13.9. The fraction of sp³-hybridized carbons (Fsp3) is 0.333. The van der Waals surface area contributed by atoms with Crippen LogP contribution in [0.2, 0.25) is 0 Å². The first-order chi connectivity index (χ1) is 13.3. The van der Waals surface area contributed by atoms with Crippen LogP contribution in [-0.4, -0.2) is 41.6 Å². The van der Waals surface area contributed by atoms with Gasteiger partial charge in [-0.2, -0.15) is 0 Å². The van der Waals surface area contributed by atoms with Crippen LogP contribution in [-0.2, 0) is 6.42 Å². The fourth-order valence-corrected chi connectivity index (χ4v) is 2.80. The normalized spacial score (nSPS) is 11.1. The first-order valence-electron chi connectivity index (χ1n) is 9.39. The highest BCUT2D eigenvalue weighted by molar-refractivity contribution is 14.0. The molecule has 0 bridgehead atoms. The van der Waals surface area contributed by atoms with Gasteiger partial charge in [0, 0.05) is 31.9 Å². The molecule has 0 fully saturated rings. The van der Waals surface area contributed by atoms with Gasteiger partial charge in [0.05, 0.1) is 12.2 Å². The van der Waals surface area contributed by atoms with Crippen molar-refractivity contribution in [3.05, 3.63) is 66.1 Å². The highest BCUT2D eigenvalue weighted by atomic mass is 127. The molecule has 0 unspecified atom stereocenters. The third-order valence-electron chi connectivity index (χ3n) is 4.12. The van der Waals surface area contributed by atoms with Gasteiger partial charge in [-0.3, -0.25) is 4.99 Å². The maximum atomic E-state index is 5.70. The molecule has 0 saturated heterocycles. The van der Waals surface area contributed by atoms with Crippen molar-refractivity contribution >= 4 is 35.6 Å². The van der Waals surface area contributed by atoms with E-state index in [0.717, 1.165) is 36.0 Å². The zero-order valence-corrected chi connectivity index (χ0v) is 18.7. The topological polar surface area (TPSA) is 63.0 Å². The number of aryl methyl sites for hydroxylation is 1.